The third-order valence-electron chi connectivity index (χ3n) is 3.92. The van der Waals surface area contributed by atoms with Crippen LogP contribution >= 0.6 is 0 Å². The smallest absolute Gasteiger partial charge is 0.321 e. The number of rotatable bonds is 4. The number of hydrogen-bond donors (Lipinski definition) is 1. The van der Waals surface area contributed by atoms with E-state index in [4.69, 9.17) is 5.73 Å². The number of nitrogens with zero attached hydrogens (tertiary/aromatic N) is 1. The molecule has 1 saturated carbocycles. The highest BCUT2D eigenvalue weighted by molar-refractivity contribution is 5.94. The maximum Gasteiger partial charge on any atom is 0.321 e. The fraction of sp³-hybridized carbons (Fsp3) is 0.500. The van der Waals surface area contributed by atoms with Gasteiger partial charge in [0, 0.05) is 12.5 Å². The lowest BCUT2D eigenvalue weighted by Crippen LogP contribution is -2.48. The Hall–Kier alpha value is -1.84. The average Bonchev–Trinajstić information content (AvgIpc) is 2.47. The summed E-state index contributed by atoms with van der Waals surface area (Å²) < 4.78 is 0. The molecule has 2 rings (SSSR count). The van der Waals surface area contributed by atoms with Crippen LogP contribution in [-0.4, -0.2) is 22.9 Å². The van der Waals surface area contributed by atoms with Gasteiger partial charge < -0.3 is 5.73 Å². The lowest BCUT2D eigenvalue weighted by molar-refractivity contribution is -0.130. The fourth-order valence-electron chi connectivity index (χ4n) is 2.86. The van der Waals surface area contributed by atoms with Gasteiger partial charge in [0.1, 0.15) is 0 Å². The quantitative estimate of drug-likeness (QED) is 0.917. The van der Waals surface area contributed by atoms with Crippen LogP contribution in [0.3, 0.4) is 0 Å². The van der Waals surface area contributed by atoms with Crippen LogP contribution in [0.25, 0.3) is 0 Å². The molecule has 1 aliphatic carbocycles. The molecule has 4 heteroatoms. The van der Waals surface area contributed by atoms with Crippen molar-refractivity contribution in [3.05, 3.63) is 35.9 Å². The molecule has 4 nitrogen and oxygen atoms in total. The Morgan fingerprint density at radius 1 is 1.10 bits per heavy atom. The van der Waals surface area contributed by atoms with Crippen molar-refractivity contribution in [3.8, 4) is 0 Å². The molecule has 108 valence electrons. The van der Waals surface area contributed by atoms with E-state index < -0.39 is 6.03 Å². The first-order valence-corrected chi connectivity index (χ1v) is 7.34. The van der Waals surface area contributed by atoms with Gasteiger partial charge in [0.15, 0.2) is 0 Å². The monoisotopic (exact) mass is 274 g/mol. The van der Waals surface area contributed by atoms with Gasteiger partial charge in [-0.25, -0.2) is 4.79 Å². The maximum absolute atomic E-state index is 12.3. The van der Waals surface area contributed by atoms with Gasteiger partial charge in [-0.15, -0.1) is 0 Å². The molecule has 0 radical (unpaired) electrons. The Morgan fingerprint density at radius 3 is 2.35 bits per heavy atom. The Kier molecular flexibility index (Phi) is 5.16. The lowest BCUT2D eigenvalue weighted by atomic mass is 9.94. The maximum atomic E-state index is 12.3. The van der Waals surface area contributed by atoms with Crippen molar-refractivity contribution < 1.29 is 9.59 Å². The van der Waals surface area contributed by atoms with Crippen LogP contribution in [0.5, 0.6) is 0 Å². The molecule has 1 aliphatic rings. The highest BCUT2D eigenvalue weighted by Gasteiger charge is 2.28. The van der Waals surface area contributed by atoms with Crippen LogP contribution in [0, 0.1) is 0 Å². The number of hydrogen-bond acceptors (Lipinski definition) is 2. The number of aryl methyl sites for hydroxylation is 1. The number of nitrogens with two attached hydrogens (primary N) is 1. The molecule has 0 unspecified atom stereocenters. The van der Waals surface area contributed by atoms with Crippen LogP contribution in [0.1, 0.15) is 44.1 Å². The largest absolute Gasteiger partial charge is 0.351 e. The molecule has 20 heavy (non-hydrogen) atoms. The molecule has 1 aromatic carbocycles. The Morgan fingerprint density at radius 2 is 1.75 bits per heavy atom. The minimum absolute atomic E-state index is 0.00419. The highest BCUT2D eigenvalue weighted by atomic mass is 16.2. The standard InChI is InChI=1S/C16H22N2O2/c17-16(20)18(14-9-5-2-6-10-14)15(19)12-11-13-7-3-1-4-8-13/h1,3-4,7-8,14H,2,5-6,9-12H2,(H2,17,20). The van der Waals surface area contributed by atoms with Crippen molar-refractivity contribution in [1.29, 1.82) is 0 Å². The highest BCUT2D eigenvalue weighted by Crippen LogP contribution is 2.23. The Bertz CT molecular complexity index is 453. The van der Waals surface area contributed by atoms with E-state index in [1.165, 1.54) is 11.3 Å². The van der Waals surface area contributed by atoms with Gasteiger partial charge in [-0.2, -0.15) is 0 Å². The zero-order valence-corrected chi connectivity index (χ0v) is 11.8. The van der Waals surface area contributed by atoms with Crippen molar-refractivity contribution in [1.82, 2.24) is 4.90 Å². The number of primary amides is 1. The van der Waals surface area contributed by atoms with Gasteiger partial charge in [-0.1, -0.05) is 49.6 Å². The summed E-state index contributed by atoms with van der Waals surface area (Å²) in [6.07, 6.45) is 6.09. The van der Waals surface area contributed by atoms with Gasteiger partial charge in [-0.3, -0.25) is 9.69 Å². The number of imide groups is 1. The average molecular weight is 274 g/mol. The zero-order chi connectivity index (χ0) is 14.4. The second-order valence-electron chi connectivity index (χ2n) is 5.38. The summed E-state index contributed by atoms with van der Waals surface area (Å²) in [5, 5.41) is 0. The predicted octanol–water partition coefficient (Wildman–Crippen LogP) is 2.86. The van der Waals surface area contributed by atoms with Gasteiger partial charge in [0.05, 0.1) is 0 Å². The SMILES string of the molecule is NC(=O)N(C(=O)CCc1ccccc1)C1CCCCC1. The van der Waals surface area contributed by atoms with Crippen molar-refractivity contribution in [3.63, 3.8) is 0 Å². The van der Waals surface area contributed by atoms with E-state index >= 15 is 0 Å². The molecule has 3 amide bonds. The van der Waals surface area contributed by atoms with Gasteiger partial charge in [0.2, 0.25) is 5.91 Å². The number of urea groups is 1. The van der Waals surface area contributed by atoms with E-state index in [2.05, 4.69) is 0 Å². The van der Waals surface area contributed by atoms with Crippen molar-refractivity contribution >= 4 is 11.9 Å². The topological polar surface area (TPSA) is 63.4 Å². The van der Waals surface area contributed by atoms with Crippen molar-refractivity contribution in [2.24, 2.45) is 5.73 Å². The van der Waals surface area contributed by atoms with E-state index in [0.717, 1.165) is 31.2 Å². The van der Waals surface area contributed by atoms with E-state index in [1.54, 1.807) is 0 Å². The molecular formula is C16H22N2O2. The van der Waals surface area contributed by atoms with Crippen molar-refractivity contribution in [2.45, 2.75) is 51.0 Å². The zero-order valence-electron chi connectivity index (χ0n) is 11.8. The Labute approximate surface area is 119 Å². The second kappa shape index (κ2) is 7.08. The summed E-state index contributed by atoms with van der Waals surface area (Å²) >= 11 is 0. The third-order valence-corrected chi connectivity index (χ3v) is 3.92. The molecule has 1 fully saturated rings. The molecule has 1 aromatic rings. The van der Waals surface area contributed by atoms with Gasteiger partial charge in [-0.05, 0) is 24.8 Å². The number of benzene rings is 1. The predicted molar refractivity (Wildman–Crippen MR) is 78.1 cm³/mol. The van der Waals surface area contributed by atoms with Crippen LogP contribution < -0.4 is 5.73 Å². The van der Waals surface area contributed by atoms with E-state index in [-0.39, 0.29) is 11.9 Å². The van der Waals surface area contributed by atoms with Crippen molar-refractivity contribution in [2.75, 3.05) is 0 Å². The summed E-state index contributed by atoms with van der Waals surface area (Å²) in [6.45, 7) is 0. The molecule has 0 bridgehead atoms. The first-order valence-electron chi connectivity index (χ1n) is 7.34. The molecule has 0 saturated heterocycles. The molecule has 0 atom stereocenters. The number of carbonyl (C=O) groups excluding carboxylic acids is 2. The summed E-state index contributed by atoms with van der Waals surface area (Å²) in [7, 11) is 0. The van der Waals surface area contributed by atoms with Crippen LogP contribution in [0.15, 0.2) is 30.3 Å². The van der Waals surface area contributed by atoms with Crippen LogP contribution in [0.4, 0.5) is 4.79 Å². The summed E-state index contributed by atoms with van der Waals surface area (Å²) in [6, 6.07) is 9.23. The molecule has 2 N–H and O–H groups in total. The lowest BCUT2D eigenvalue weighted by Gasteiger charge is -2.31. The van der Waals surface area contributed by atoms with Crippen LogP contribution in [0.2, 0.25) is 0 Å². The van der Waals surface area contributed by atoms with E-state index in [1.807, 2.05) is 30.3 Å². The number of amides is 3. The van der Waals surface area contributed by atoms with E-state index in [0.29, 0.717) is 12.8 Å². The molecule has 0 spiro atoms. The normalized spacial score (nSPS) is 15.8. The Balaban J connectivity index is 1.95. The van der Waals surface area contributed by atoms with Gasteiger partial charge >= 0.3 is 6.03 Å². The van der Waals surface area contributed by atoms with E-state index in [9.17, 15) is 9.59 Å². The third kappa shape index (κ3) is 3.83. The first kappa shape index (κ1) is 14.6. The summed E-state index contributed by atoms with van der Waals surface area (Å²) in [5.74, 6) is -0.145. The fourth-order valence-corrected chi connectivity index (χ4v) is 2.86. The summed E-state index contributed by atoms with van der Waals surface area (Å²) in [4.78, 5) is 25.2. The summed E-state index contributed by atoms with van der Waals surface area (Å²) in [5.41, 5.74) is 6.51. The molecular weight excluding hydrogens is 252 g/mol. The van der Waals surface area contributed by atoms with Gasteiger partial charge in [0.25, 0.3) is 0 Å². The molecule has 0 heterocycles. The van der Waals surface area contributed by atoms with Crippen LogP contribution in [-0.2, 0) is 11.2 Å². The molecule has 0 aliphatic heterocycles. The number of carbonyl (C=O) groups is 2. The second-order valence-corrected chi connectivity index (χ2v) is 5.38. The minimum Gasteiger partial charge on any atom is -0.351 e. The minimum atomic E-state index is -0.602. The molecule has 0 aromatic heterocycles. The first-order chi connectivity index (χ1) is 9.68.